The molecule has 5 heteroatoms. The minimum Gasteiger partial charge on any atom is -0.468 e. The lowest BCUT2D eigenvalue weighted by Gasteiger charge is -2.04. The highest BCUT2D eigenvalue weighted by Gasteiger charge is 2.20. The topological polar surface area (TPSA) is 81.0 Å². The first-order chi connectivity index (χ1) is 6.60. The molecule has 1 heterocycles. The second-order valence-corrected chi connectivity index (χ2v) is 3.05. The van der Waals surface area contributed by atoms with Gasteiger partial charge in [0.1, 0.15) is 5.82 Å². The van der Waals surface area contributed by atoms with E-state index in [4.69, 9.17) is 5.73 Å². The fourth-order valence-electron chi connectivity index (χ4n) is 1.25. The number of methoxy groups -OCH3 is 1. The molecule has 78 valence electrons. The third-order valence-electron chi connectivity index (χ3n) is 2.09. The molecule has 14 heavy (non-hydrogen) atoms. The maximum absolute atomic E-state index is 11.1. The Morgan fingerprint density at radius 3 is 2.79 bits per heavy atom. The molecule has 5 nitrogen and oxygen atoms in total. The lowest BCUT2D eigenvalue weighted by Crippen LogP contribution is -2.23. The van der Waals surface area contributed by atoms with Crippen LogP contribution in [0.2, 0.25) is 0 Å². The van der Waals surface area contributed by atoms with E-state index in [0.29, 0.717) is 5.82 Å². The van der Waals surface area contributed by atoms with Crippen LogP contribution in [-0.4, -0.2) is 23.0 Å². The van der Waals surface area contributed by atoms with E-state index in [0.717, 1.165) is 17.8 Å². The van der Waals surface area contributed by atoms with Crippen molar-refractivity contribution in [3.8, 4) is 0 Å². The van der Waals surface area contributed by atoms with Crippen molar-refractivity contribution < 1.29 is 9.53 Å². The number of imidazole rings is 1. The number of ether oxygens (including phenoxy) is 1. The number of nitrogens with one attached hydrogen (secondary N) is 1. The second-order valence-electron chi connectivity index (χ2n) is 3.05. The summed E-state index contributed by atoms with van der Waals surface area (Å²) in [5.41, 5.74) is 7.49. The first-order valence-electron chi connectivity index (χ1n) is 4.49. The number of aromatic nitrogens is 2. The van der Waals surface area contributed by atoms with Crippen molar-refractivity contribution in [2.24, 2.45) is 5.73 Å². The molecule has 0 aliphatic rings. The van der Waals surface area contributed by atoms with Gasteiger partial charge in [-0.2, -0.15) is 0 Å². The summed E-state index contributed by atoms with van der Waals surface area (Å²) in [6, 6.07) is -0.820. The van der Waals surface area contributed by atoms with Gasteiger partial charge in [0, 0.05) is 5.69 Å². The minimum atomic E-state index is -0.820. The van der Waals surface area contributed by atoms with Crippen LogP contribution in [0.3, 0.4) is 0 Å². The summed E-state index contributed by atoms with van der Waals surface area (Å²) in [5.74, 6) is -0.0207. The van der Waals surface area contributed by atoms with Gasteiger partial charge in [-0.1, -0.05) is 6.92 Å². The van der Waals surface area contributed by atoms with E-state index < -0.39 is 12.0 Å². The van der Waals surface area contributed by atoms with Crippen LogP contribution in [0, 0.1) is 6.92 Å². The van der Waals surface area contributed by atoms with Crippen LogP contribution in [-0.2, 0) is 16.0 Å². The summed E-state index contributed by atoms with van der Waals surface area (Å²) in [5, 5.41) is 0. The van der Waals surface area contributed by atoms with Gasteiger partial charge >= 0.3 is 5.97 Å². The smallest absolute Gasteiger partial charge is 0.330 e. The molecular weight excluding hydrogens is 182 g/mol. The number of carbonyl (C=O) groups is 1. The molecule has 3 N–H and O–H groups in total. The van der Waals surface area contributed by atoms with Crippen molar-refractivity contribution in [2.75, 3.05) is 7.11 Å². The Hall–Kier alpha value is -1.36. The Morgan fingerprint density at radius 1 is 1.71 bits per heavy atom. The highest BCUT2D eigenvalue weighted by atomic mass is 16.5. The molecule has 1 rings (SSSR count). The predicted molar refractivity (Wildman–Crippen MR) is 51.6 cm³/mol. The lowest BCUT2D eigenvalue weighted by atomic mass is 10.3. The molecule has 0 spiro atoms. The largest absolute Gasteiger partial charge is 0.468 e. The molecule has 0 saturated carbocycles. The van der Waals surface area contributed by atoms with E-state index in [-0.39, 0.29) is 0 Å². The molecule has 0 fully saturated rings. The van der Waals surface area contributed by atoms with Gasteiger partial charge in [0.15, 0.2) is 6.04 Å². The summed E-state index contributed by atoms with van der Waals surface area (Å²) in [7, 11) is 1.30. The molecule has 1 aromatic heterocycles. The fourth-order valence-corrected chi connectivity index (χ4v) is 1.25. The first kappa shape index (κ1) is 10.7. The Bertz CT molecular complexity index is 333. The van der Waals surface area contributed by atoms with Crippen LogP contribution < -0.4 is 5.73 Å². The van der Waals surface area contributed by atoms with Crippen LogP contribution in [0.15, 0.2) is 0 Å². The molecule has 0 aliphatic heterocycles. The summed E-state index contributed by atoms with van der Waals surface area (Å²) in [6.45, 7) is 3.90. The Labute approximate surface area is 82.7 Å². The Morgan fingerprint density at radius 2 is 2.36 bits per heavy atom. The normalized spacial score (nSPS) is 12.6. The molecule has 0 radical (unpaired) electrons. The number of aryl methyl sites for hydroxylation is 2. The van der Waals surface area contributed by atoms with Gasteiger partial charge in [-0.25, -0.2) is 9.78 Å². The quantitative estimate of drug-likeness (QED) is 0.689. The Balaban J connectivity index is 2.90. The van der Waals surface area contributed by atoms with Crippen LogP contribution in [0.4, 0.5) is 0 Å². The molecule has 1 atom stereocenters. The van der Waals surface area contributed by atoms with Crippen LogP contribution in [0.5, 0.6) is 0 Å². The number of carbonyl (C=O) groups excluding carboxylic acids is 1. The summed E-state index contributed by atoms with van der Waals surface area (Å²) in [6.07, 6.45) is 0.816. The molecular formula is C9H15N3O2. The summed E-state index contributed by atoms with van der Waals surface area (Å²) < 4.78 is 4.53. The maximum Gasteiger partial charge on any atom is 0.330 e. The maximum atomic E-state index is 11.1. The highest BCUT2D eigenvalue weighted by Crippen LogP contribution is 2.11. The zero-order valence-corrected chi connectivity index (χ0v) is 8.63. The molecule has 1 unspecified atom stereocenters. The number of H-pyrrole nitrogens is 1. The van der Waals surface area contributed by atoms with E-state index in [1.54, 1.807) is 0 Å². The van der Waals surface area contributed by atoms with Crippen molar-refractivity contribution in [3.05, 3.63) is 17.2 Å². The third kappa shape index (κ3) is 1.93. The van der Waals surface area contributed by atoms with Crippen molar-refractivity contribution in [1.29, 1.82) is 0 Å². The number of nitrogens with two attached hydrogens (primary N) is 1. The van der Waals surface area contributed by atoms with Crippen LogP contribution in [0.25, 0.3) is 0 Å². The number of rotatable bonds is 3. The van der Waals surface area contributed by atoms with Crippen molar-refractivity contribution >= 4 is 5.97 Å². The summed E-state index contributed by atoms with van der Waals surface area (Å²) in [4.78, 5) is 18.3. The number of hydrogen-bond donors (Lipinski definition) is 2. The van der Waals surface area contributed by atoms with Crippen molar-refractivity contribution in [2.45, 2.75) is 26.3 Å². The van der Waals surface area contributed by atoms with Gasteiger partial charge in [0.05, 0.1) is 12.8 Å². The molecule has 0 bridgehead atoms. The molecule has 0 amide bonds. The zero-order valence-electron chi connectivity index (χ0n) is 8.63. The van der Waals surface area contributed by atoms with Gasteiger partial charge in [0.25, 0.3) is 0 Å². The standard InChI is InChI=1S/C9H15N3O2/c1-4-6-5(2)11-8(12-6)7(10)9(13)14-3/h7H,4,10H2,1-3H3,(H,11,12). The van der Waals surface area contributed by atoms with Gasteiger partial charge < -0.3 is 15.5 Å². The van der Waals surface area contributed by atoms with Crippen LogP contribution in [0.1, 0.15) is 30.2 Å². The van der Waals surface area contributed by atoms with E-state index in [2.05, 4.69) is 14.7 Å². The molecule has 0 aliphatic carbocycles. The van der Waals surface area contributed by atoms with E-state index in [9.17, 15) is 4.79 Å². The van der Waals surface area contributed by atoms with Gasteiger partial charge in [-0.15, -0.1) is 0 Å². The number of esters is 1. The molecule has 1 aromatic rings. The monoisotopic (exact) mass is 197 g/mol. The lowest BCUT2D eigenvalue weighted by molar-refractivity contribution is -0.142. The average molecular weight is 197 g/mol. The fraction of sp³-hybridized carbons (Fsp3) is 0.556. The van der Waals surface area contributed by atoms with Gasteiger partial charge in [-0.3, -0.25) is 0 Å². The first-order valence-corrected chi connectivity index (χ1v) is 4.49. The van der Waals surface area contributed by atoms with Crippen LogP contribution >= 0.6 is 0 Å². The Kier molecular flexibility index (Phi) is 3.24. The average Bonchev–Trinajstić information content (AvgIpc) is 2.57. The highest BCUT2D eigenvalue weighted by molar-refractivity contribution is 5.76. The molecule has 0 aromatic carbocycles. The van der Waals surface area contributed by atoms with Crippen molar-refractivity contribution in [3.63, 3.8) is 0 Å². The van der Waals surface area contributed by atoms with E-state index in [1.807, 2.05) is 13.8 Å². The molecule has 0 saturated heterocycles. The zero-order chi connectivity index (χ0) is 10.7. The second kappa shape index (κ2) is 4.23. The van der Waals surface area contributed by atoms with E-state index in [1.165, 1.54) is 7.11 Å². The number of nitrogens with zero attached hydrogens (tertiary/aromatic N) is 1. The minimum absolute atomic E-state index is 0.464. The number of aromatic amines is 1. The summed E-state index contributed by atoms with van der Waals surface area (Å²) >= 11 is 0. The van der Waals surface area contributed by atoms with Crippen molar-refractivity contribution in [1.82, 2.24) is 9.97 Å². The number of hydrogen-bond acceptors (Lipinski definition) is 4. The SMILES string of the molecule is CCc1nc(C(N)C(=O)OC)[nH]c1C. The van der Waals surface area contributed by atoms with E-state index >= 15 is 0 Å². The predicted octanol–water partition coefficient (Wildman–Crippen LogP) is 0.453. The third-order valence-corrected chi connectivity index (χ3v) is 2.09. The van der Waals surface area contributed by atoms with Gasteiger partial charge in [-0.05, 0) is 13.3 Å². The van der Waals surface area contributed by atoms with Gasteiger partial charge in [0.2, 0.25) is 0 Å².